The second kappa shape index (κ2) is 9.39. The zero-order chi connectivity index (χ0) is 18.2. The molecule has 1 fully saturated rings. The van der Waals surface area contributed by atoms with Crippen LogP contribution in [0.15, 0.2) is 54.6 Å². The molecule has 0 unspecified atom stereocenters. The molecule has 0 aromatic heterocycles. The maximum atomic E-state index is 12.4. The lowest BCUT2D eigenvalue weighted by molar-refractivity contribution is -0.660. The van der Waals surface area contributed by atoms with Gasteiger partial charge in [0.1, 0.15) is 12.3 Å². The van der Waals surface area contributed by atoms with Crippen molar-refractivity contribution in [2.24, 2.45) is 5.92 Å². The third kappa shape index (κ3) is 5.33. The minimum Gasteiger partial charge on any atom is -0.497 e. The number of nitrogens with zero attached hydrogens (tertiary/aromatic N) is 1. The van der Waals surface area contributed by atoms with Gasteiger partial charge >= 0.3 is 0 Å². The number of carbonyl (C=O) groups excluding carboxylic acids is 1. The Morgan fingerprint density at radius 3 is 2.54 bits per heavy atom. The van der Waals surface area contributed by atoms with Crippen LogP contribution in [0.2, 0.25) is 0 Å². The SMILES string of the molecule is COc1cccc(C[NH2+]CC(=O)N2CCC(Cc3ccccc3)CC2)c1. The first-order chi connectivity index (χ1) is 12.7. The van der Waals surface area contributed by atoms with E-state index in [0.29, 0.717) is 12.5 Å². The molecule has 0 radical (unpaired) electrons. The highest BCUT2D eigenvalue weighted by molar-refractivity contribution is 5.77. The molecule has 2 aromatic carbocycles. The predicted octanol–water partition coefficient (Wildman–Crippen LogP) is 2.24. The van der Waals surface area contributed by atoms with Crippen LogP contribution in [0.3, 0.4) is 0 Å². The number of carbonyl (C=O) groups is 1. The van der Waals surface area contributed by atoms with Gasteiger partial charge in [0, 0.05) is 18.7 Å². The van der Waals surface area contributed by atoms with Gasteiger partial charge in [-0.3, -0.25) is 4.79 Å². The molecule has 1 aliphatic rings. The van der Waals surface area contributed by atoms with E-state index in [9.17, 15) is 4.79 Å². The van der Waals surface area contributed by atoms with Gasteiger partial charge in [-0.25, -0.2) is 0 Å². The van der Waals surface area contributed by atoms with Gasteiger partial charge in [-0.2, -0.15) is 0 Å². The highest BCUT2D eigenvalue weighted by atomic mass is 16.5. The van der Waals surface area contributed by atoms with E-state index in [2.05, 4.69) is 41.7 Å². The fraction of sp³-hybridized carbons (Fsp3) is 0.409. The Kier molecular flexibility index (Phi) is 6.67. The van der Waals surface area contributed by atoms with Gasteiger partial charge in [0.2, 0.25) is 0 Å². The van der Waals surface area contributed by atoms with Crippen LogP contribution in [0.4, 0.5) is 0 Å². The van der Waals surface area contributed by atoms with Crippen molar-refractivity contribution in [2.75, 3.05) is 26.7 Å². The first-order valence-electron chi connectivity index (χ1n) is 9.51. The van der Waals surface area contributed by atoms with Crippen molar-refractivity contribution in [3.63, 3.8) is 0 Å². The Bertz CT molecular complexity index is 694. The molecular formula is C22H29N2O2+. The van der Waals surface area contributed by atoms with Gasteiger partial charge in [-0.05, 0) is 42.9 Å². The van der Waals surface area contributed by atoms with Crippen LogP contribution in [-0.4, -0.2) is 37.6 Å². The summed E-state index contributed by atoms with van der Waals surface area (Å²) in [5.74, 6) is 1.82. The second-order valence-corrected chi connectivity index (χ2v) is 7.06. The van der Waals surface area contributed by atoms with Crippen molar-refractivity contribution in [3.8, 4) is 5.75 Å². The number of rotatable bonds is 7. The van der Waals surface area contributed by atoms with Crippen LogP contribution in [0.5, 0.6) is 5.75 Å². The van der Waals surface area contributed by atoms with Gasteiger partial charge < -0.3 is 15.0 Å². The fourth-order valence-electron chi connectivity index (χ4n) is 3.62. The van der Waals surface area contributed by atoms with Gasteiger partial charge in [0.05, 0.1) is 7.11 Å². The molecule has 26 heavy (non-hydrogen) atoms. The first kappa shape index (κ1) is 18.5. The summed E-state index contributed by atoms with van der Waals surface area (Å²) in [5, 5.41) is 2.08. The number of piperidine rings is 1. The summed E-state index contributed by atoms with van der Waals surface area (Å²) in [6.07, 6.45) is 3.35. The molecule has 4 heteroatoms. The van der Waals surface area contributed by atoms with E-state index < -0.39 is 0 Å². The van der Waals surface area contributed by atoms with E-state index >= 15 is 0 Å². The van der Waals surface area contributed by atoms with Crippen molar-refractivity contribution in [2.45, 2.75) is 25.8 Å². The number of hydrogen-bond donors (Lipinski definition) is 1. The van der Waals surface area contributed by atoms with Crippen molar-refractivity contribution in [1.29, 1.82) is 0 Å². The van der Waals surface area contributed by atoms with Gasteiger partial charge in [-0.15, -0.1) is 0 Å². The quantitative estimate of drug-likeness (QED) is 0.830. The number of benzene rings is 2. The summed E-state index contributed by atoms with van der Waals surface area (Å²) >= 11 is 0. The van der Waals surface area contributed by atoms with Crippen LogP contribution in [0.25, 0.3) is 0 Å². The molecule has 138 valence electrons. The molecule has 1 heterocycles. The summed E-state index contributed by atoms with van der Waals surface area (Å²) in [7, 11) is 1.67. The maximum absolute atomic E-state index is 12.4. The van der Waals surface area contributed by atoms with Crippen LogP contribution >= 0.6 is 0 Å². The lowest BCUT2D eigenvalue weighted by Gasteiger charge is -2.31. The van der Waals surface area contributed by atoms with Crippen molar-refractivity contribution in [1.82, 2.24) is 4.90 Å². The van der Waals surface area contributed by atoms with E-state index in [1.54, 1.807) is 7.11 Å². The largest absolute Gasteiger partial charge is 0.497 e. The molecule has 0 atom stereocenters. The number of amides is 1. The topological polar surface area (TPSA) is 46.1 Å². The number of methoxy groups -OCH3 is 1. The summed E-state index contributed by atoms with van der Waals surface area (Å²) < 4.78 is 5.24. The molecule has 3 rings (SSSR count). The minimum atomic E-state index is 0.256. The molecule has 0 saturated carbocycles. The van der Waals surface area contributed by atoms with Crippen molar-refractivity contribution >= 4 is 5.91 Å². The molecule has 0 aliphatic carbocycles. The standard InChI is InChI=1S/C22H28N2O2/c1-26-21-9-5-8-20(15-21)16-23-17-22(25)24-12-10-19(11-13-24)14-18-6-3-2-4-7-18/h2-9,15,19,23H,10-14,16-17H2,1H3/p+1. The smallest absolute Gasteiger partial charge is 0.277 e. The Labute approximate surface area is 156 Å². The van der Waals surface area contributed by atoms with Gasteiger partial charge in [-0.1, -0.05) is 42.5 Å². The summed E-state index contributed by atoms with van der Waals surface area (Å²) in [4.78, 5) is 14.5. The molecule has 2 aromatic rings. The minimum absolute atomic E-state index is 0.256. The van der Waals surface area contributed by atoms with Crippen LogP contribution < -0.4 is 10.1 Å². The third-order valence-corrected chi connectivity index (χ3v) is 5.17. The zero-order valence-electron chi connectivity index (χ0n) is 15.6. The molecule has 4 nitrogen and oxygen atoms in total. The molecule has 1 amide bonds. The van der Waals surface area contributed by atoms with Crippen LogP contribution in [-0.2, 0) is 17.8 Å². The lowest BCUT2D eigenvalue weighted by atomic mass is 9.90. The highest BCUT2D eigenvalue weighted by Gasteiger charge is 2.23. The summed E-state index contributed by atoms with van der Waals surface area (Å²) in [6.45, 7) is 3.10. The van der Waals surface area contributed by atoms with E-state index in [-0.39, 0.29) is 5.91 Å². The van der Waals surface area contributed by atoms with Crippen LogP contribution in [0.1, 0.15) is 24.0 Å². The van der Waals surface area contributed by atoms with E-state index in [4.69, 9.17) is 4.74 Å². The van der Waals surface area contributed by atoms with E-state index in [1.165, 1.54) is 11.1 Å². The molecule has 1 saturated heterocycles. The first-order valence-corrected chi connectivity index (χ1v) is 9.51. The Morgan fingerprint density at radius 2 is 1.81 bits per heavy atom. The highest BCUT2D eigenvalue weighted by Crippen LogP contribution is 2.21. The summed E-state index contributed by atoms with van der Waals surface area (Å²) in [6, 6.07) is 18.7. The maximum Gasteiger partial charge on any atom is 0.277 e. The predicted molar refractivity (Wildman–Crippen MR) is 103 cm³/mol. The number of nitrogens with two attached hydrogens (primary N) is 1. The average Bonchev–Trinajstić information content (AvgIpc) is 2.69. The third-order valence-electron chi connectivity index (χ3n) is 5.17. The number of hydrogen-bond acceptors (Lipinski definition) is 2. The Hall–Kier alpha value is -2.33. The molecule has 1 aliphatic heterocycles. The Morgan fingerprint density at radius 1 is 1.08 bits per heavy atom. The summed E-state index contributed by atoms with van der Waals surface area (Å²) in [5.41, 5.74) is 2.59. The molecule has 0 bridgehead atoms. The molecular weight excluding hydrogens is 324 g/mol. The normalized spacial score (nSPS) is 15.0. The van der Waals surface area contributed by atoms with Gasteiger partial charge in [0.15, 0.2) is 6.54 Å². The molecule has 0 spiro atoms. The lowest BCUT2D eigenvalue weighted by Crippen LogP contribution is -2.85. The van der Waals surface area contributed by atoms with E-state index in [1.807, 2.05) is 23.1 Å². The monoisotopic (exact) mass is 353 g/mol. The number of likely N-dealkylation sites (tertiary alicyclic amines) is 1. The zero-order valence-corrected chi connectivity index (χ0v) is 15.6. The number of ether oxygens (including phenoxy) is 1. The fourth-order valence-corrected chi connectivity index (χ4v) is 3.62. The average molecular weight is 353 g/mol. The van der Waals surface area contributed by atoms with Gasteiger partial charge in [0.25, 0.3) is 5.91 Å². The van der Waals surface area contributed by atoms with Crippen LogP contribution in [0, 0.1) is 5.92 Å². The molecule has 2 N–H and O–H groups in total. The van der Waals surface area contributed by atoms with Crippen molar-refractivity contribution in [3.05, 3.63) is 65.7 Å². The Balaban J connectivity index is 1.38. The number of quaternary nitrogens is 1. The second-order valence-electron chi connectivity index (χ2n) is 7.06. The van der Waals surface area contributed by atoms with E-state index in [0.717, 1.165) is 44.6 Å². The van der Waals surface area contributed by atoms with Crippen molar-refractivity contribution < 1.29 is 14.8 Å².